The lowest BCUT2D eigenvalue weighted by molar-refractivity contribution is -0.195. The summed E-state index contributed by atoms with van der Waals surface area (Å²) in [6.07, 6.45) is -0.841. The molecule has 1 aliphatic heterocycles. The second-order valence-electron chi connectivity index (χ2n) is 4.55. The largest absolute Gasteiger partial charge is 0.392 e. The van der Waals surface area contributed by atoms with Gasteiger partial charge in [0.25, 0.3) is 0 Å². The number of ether oxygens (including phenoxy) is 2. The van der Waals surface area contributed by atoms with Gasteiger partial charge in [0, 0.05) is 19.1 Å². The summed E-state index contributed by atoms with van der Waals surface area (Å²) in [6, 6.07) is 9.06. The SMILES string of the molecule is CO[C@@H]1C[C@@H](O)[C@@H](SC(=O)c2ccccc2)[C@@H](C)O1. The van der Waals surface area contributed by atoms with E-state index in [0.717, 1.165) is 11.8 Å². The molecule has 0 unspecified atom stereocenters. The molecule has 0 aliphatic carbocycles. The molecule has 1 aliphatic rings. The number of benzene rings is 1. The molecular weight excluding hydrogens is 264 g/mol. The number of rotatable bonds is 3. The normalized spacial score (nSPS) is 31.1. The summed E-state index contributed by atoms with van der Waals surface area (Å²) in [5.74, 6) is 0. The van der Waals surface area contributed by atoms with Gasteiger partial charge >= 0.3 is 0 Å². The van der Waals surface area contributed by atoms with Crippen LogP contribution in [0.25, 0.3) is 0 Å². The number of methoxy groups -OCH3 is 1. The molecule has 19 heavy (non-hydrogen) atoms. The van der Waals surface area contributed by atoms with Crippen molar-refractivity contribution in [2.45, 2.75) is 37.1 Å². The second kappa shape index (κ2) is 6.52. The predicted octanol–water partition coefficient (Wildman–Crippen LogP) is 2.07. The molecule has 1 heterocycles. The Hall–Kier alpha value is -0.880. The van der Waals surface area contributed by atoms with E-state index in [-0.39, 0.29) is 16.5 Å². The first-order valence-corrected chi connectivity index (χ1v) is 7.12. The molecule has 0 amide bonds. The second-order valence-corrected chi connectivity index (χ2v) is 5.70. The number of aliphatic hydroxyl groups is 1. The zero-order chi connectivity index (χ0) is 13.8. The third-order valence-electron chi connectivity index (χ3n) is 3.16. The van der Waals surface area contributed by atoms with Crippen LogP contribution in [0.4, 0.5) is 0 Å². The molecule has 1 aromatic rings. The Morgan fingerprint density at radius 2 is 2.11 bits per heavy atom. The molecule has 5 heteroatoms. The molecule has 4 nitrogen and oxygen atoms in total. The smallest absolute Gasteiger partial charge is 0.219 e. The molecule has 0 bridgehead atoms. The number of hydrogen-bond acceptors (Lipinski definition) is 5. The zero-order valence-corrected chi connectivity index (χ0v) is 11.8. The maximum Gasteiger partial charge on any atom is 0.219 e. The molecule has 4 atom stereocenters. The Kier molecular flexibility index (Phi) is 4.99. The minimum atomic E-state index is -0.605. The minimum absolute atomic E-state index is 0.0454. The number of hydrogen-bond donors (Lipinski definition) is 1. The maximum atomic E-state index is 12.1. The van der Waals surface area contributed by atoms with Crippen molar-refractivity contribution < 1.29 is 19.4 Å². The van der Waals surface area contributed by atoms with Gasteiger partial charge in [-0.15, -0.1) is 0 Å². The Morgan fingerprint density at radius 3 is 2.68 bits per heavy atom. The highest BCUT2D eigenvalue weighted by Crippen LogP contribution is 2.31. The van der Waals surface area contributed by atoms with Gasteiger partial charge in [-0.3, -0.25) is 4.79 Å². The van der Waals surface area contributed by atoms with E-state index in [1.54, 1.807) is 19.2 Å². The first-order chi connectivity index (χ1) is 9.11. The Balaban J connectivity index is 2.01. The topological polar surface area (TPSA) is 55.8 Å². The van der Waals surface area contributed by atoms with Crippen molar-refractivity contribution in [2.75, 3.05) is 7.11 Å². The van der Waals surface area contributed by atoms with Crippen LogP contribution in [0.2, 0.25) is 0 Å². The van der Waals surface area contributed by atoms with Gasteiger partial charge in [0.2, 0.25) is 5.12 Å². The van der Waals surface area contributed by atoms with Crippen LogP contribution in [0.15, 0.2) is 30.3 Å². The van der Waals surface area contributed by atoms with Crippen LogP contribution in [0.3, 0.4) is 0 Å². The van der Waals surface area contributed by atoms with Gasteiger partial charge in [-0.25, -0.2) is 0 Å². The third-order valence-corrected chi connectivity index (χ3v) is 4.58. The van der Waals surface area contributed by atoms with Gasteiger partial charge in [-0.1, -0.05) is 42.1 Å². The van der Waals surface area contributed by atoms with Crippen LogP contribution >= 0.6 is 11.8 Å². The lowest BCUT2D eigenvalue weighted by Gasteiger charge is -2.36. The van der Waals surface area contributed by atoms with E-state index in [0.29, 0.717) is 12.0 Å². The highest BCUT2D eigenvalue weighted by atomic mass is 32.2. The summed E-state index contributed by atoms with van der Waals surface area (Å²) in [5.41, 5.74) is 0.640. The molecule has 1 fully saturated rings. The average Bonchev–Trinajstić information content (AvgIpc) is 2.43. The van der Waals surface area contributed by atoms with Gasteiger partial charge in [0.05, 0.1) is 17.5 Å². The van der Waals surface area contributed by atoms with Crippen LogP contribution in [-0.4, -0.2) is 41.1 Å². The van der Waals surface area contributed by atoms with Crippen LogP contribution in [-0.2, 0) is 9.47 Å². The van der Waals surface area contributed by atoms with Gasteiger partial charge in [-0.05, 0) is 6.92 Å². The molecule has 2 rings (SSSR count). The van der Waals surface area contributed by atoms with E-state index >= 15 is 0 Å². The summed E-state index contributed by atoms with van der Waals surface area (Å²) >= 11 is 1.13. The van der Waals surface area contributed by atoms with Crippen molar-refractivity contribution in [1.29, 1.82) is 0 Å². The van der Waals surface area contributed by atoms with Crippen LogP contribution < -0.4 is 0 Å². The van der Waals surface area contributed by atoms with E-state index in [1.807, 2.05) is 25.1 Å². The van der Waals surface area contributed by atoms with Crippen LogP contribution in [0.1, 0.15) is 23.7 Å². The summed E-state index contributed by atoms with van der Waals surface area (Å²) in [4.78, 5) is 12.1. The van der Waals surface area contributed by atoms with Gasteiger partial charge in [0.15, 0.2) is 6.29 Å². The van der Waals surface area contributed by atoms with Gasteiger partial charge < -0.3 is 14.6 Å². The number of aliphatic hydroxyl groups excluding tert-OH is 1. The molecular formula is C14H18O4S. The first kappa shape index (κ1) is 14.5. The van der Waals surface area contributed by atoms with Crippen LogP contribution in [0.5, 0.6) is 0 Å². The monoisotopic (exact) mass is 282 g/mol. The standard InChI is InChI=1S/C14H18O4S/c1-9-13(11(15)8-12(17-2)18-9)19-14(16)10-6-4-3-5-7-10/h3-7,9,11-13,15H,8H2,1-2H3/t9-,11-,12+,13+/m1/s1. The van der Waals surface area contributed by atoms with Crippen molar-refractivity contribution >= 4 is 16.9 Å². The van der Waals surface area contributed by atoms with Crippen molar-refractivity contribution in [1.82, 2.24) is 0 Å². The summed E-state index contributed by atoms with van der Waals surface area (Å²) < 4.78 is 10.7. The Morgan fingerprint density at radius 1 is 1.42 bits per heavy atom. The van der Waals surface area contributed by atoms with Gasteiger partial charge in [0.1, 0.15) is 0 Å². The van der Waals surface area contributed by atoms with E-state index < -0.39 is 12.4 Å². The van der Waals surface area contributed by atoms with Crippen LogP contribution in [0, 0.1) is 0 Å². The number of thioether (sulfide) groups is 1. The fourth-order valence-electron chi connectivity index (χ4n) is 2.11. The lowest BCUT2D eigenvalue weighted by Crippen LogP contribution is -2.46. The Labute approximate surface area is 117 Å². The third kappa shape index (κ3) is 3.57. The number of carbonyl (C=O) groups excluding carboxylic acids is 1. The molecule has 0 saturated carbocycles. The van der Waals surface area contributed by atoms with E-state index in [2.05, 4.69) is 0 Å². The van der Waals surface area contributed by atoms with Crippen molar-refractivity contribution in [3.8, 4) is 0 Å². The van der Waals surface area contributed by atoms with Crippen molar-refractivity contribution in [3.63, 3.8) is 0 Å². The fraction of sp³-hybridized carbons (Fsp3) is 0.500. The summed E-state index contributed by atoms with van der Waals surface area (Å²) in [6.45, 7) is 1.85. The van der Waals surface area contributed by atoms with Gasteiger partial charge in [-0.2, -0.15) is 0 Å². The summed E-state index contributed by atoms with van der Waals surface area (Å²) in [5, 5.41) is 9.79. The molecule has 104 valence electrons. The molecule has 1 N–H and O–H groups in total. The fourth-order valence-corrected chi connectivity index (χ4v) is 3.15. The van der Waals surface area contributed by atoms with E-state index in [4.69, 9.17) is 9.47 Å². The molecule has 0 radical (unpaired) electrons. The summed E-state index contributed by atoms with van der Waals surface area (Å²) in [7, 11) is 1.55. The average molecular weight is 282 g/mol. The molecule has 1 saturated heterocycles. The lowest BCUT2D eigenvalue weighted by atomic mass is 10.1. The van der Waals surface area contributed by atoms with E-state index in [1.165, 1.54) is 0 Å². The minimum Gasteiger partial charge on any atom is -0.392 e. The maximum absolute atomic E-state index is 12.1. The van der Waals surface area contributed by atoms with Crippen molar-refractivity contribution in [2.24, 2.45) is 0 Å². The highest BCUT2D eigenvalue weighted by Gasteiger charge is 2.37. The first-order valence-electron chi connectivity index (χ1n) is 6.24. The molecule has 1 aromatic carbocycles. The van der Waals surface area contributed by atoms with E-state index in [9.17, 15) is 9.90 Å². The Bertz CT molecular complexity index is 411. The predicted molar refractivity (Wildman–Crippen MR) is 74.1 cm³/mol. The quantitative estimate of drug-likeness (QED) is 0.919. The number of carbonyl (C=O) groups is 1. The zero-order valence-electron chi connectivity index (χ0n) is 11.0. The highest BCUT2D eigenvalue weighted by molar-refractivity contribution is 8.14. The molecule has 0 spiro atoms. The molecule has 0 aromatic heterocycles. The van der Waals surface area contributed by atoms with Crippen molar-refractivity contribution in [3.05, 3.63) is 35.9 Å².